The number of carbonyl (C=O) groups is 2. The van der Waals surface area contributed by atoms with Gasteiger partial charge in [-0.05, 0) is 50.1 Å². The first-order valence-electron chi connectivity index (χ1n) is 5.86. The van der Waals surface area contributed by atoms with Gasteiger partial charge in [-0.1, -0.05) is 0 Å². The minimum Gasteiger partial charge on any atom is -0.424 e. The number of esters is 1. The Balaban J connectivity index is 2.01. The number of nitrogens with zero attached hydrogens (tertiary/aromatic N) is 1. The van der Waals surface area contributed by atoms with Gasteiger partial charge >= 0.3 is 5.97 Å². The van der Waals surface area contributed by atoms with Gasteiger partial charge in [0.2, 0.25) is 5.78 Å². The summed E-state index contributed by atoms with van der Waals surface area (Å²) >= 11 is 6.75. The van der Waals surface area contributed by atoms with E-state index in [1.807, 2.05) is 6.07 Å². The molecule has 0 spiro atoms. The number of fused-ring (bicyclic) bond motifs is 1. The van der Waals surface area contributed by atoms with E-state index in [1.165, 1.54) is 0 Å². The minimum atomic E-state index is -0.281. The second kappa shape index (κ2) is 4.86. The Labute approximate surface area is 132 Å². The monoisotopic (exact) mass is 397 g/mol. The first kappa shape index (κ1) is 13.6. The second-order valence-corrected chi connectivity index (χ2v) is 6.22. The van der Waals surface area contributed by atoms with Crippen molar-refractivity contribution in [2.45, 2.75) is 6.42 Å². The van der Waals surface area contributed by atoms with Crippen LogP contribution in [0.2, 0.25) is 0 Å². The molecular formula is C14H9Br2NO3. The van der Waals surface area contributed by atoms with Crippen LogP contribution in [0.25, 0.3) is 0 Å². The zero-order chi connectivity index (χ0) is 14.4. The Kier molecular flexibility index (Phi) is 3.30. The number of carbonyl (C=O) groups excluding carboxylic acids is 2. The molecule has 0 saturated heterocycles. The third-order valence-corrected chi connectivity index (χ3v) is 5.15. The molecule has 1 aliphatic rings. The van der Waals surface area contributed by atoms with Crippen molar-refractivity contribution in [3.05, 3.63) is 50.2 Å². The molecule has 0 unspecified atom stereocenters. The zero-order valence-corrected chi connectivity index (χ0v) is 13.6. The van der Waals surface area contributed by atoms with Crippen LogP contribution in [0.3, 0.4) is 0 Å². The topological polar surface area (TPSA) is 48.3 Å². The van der Waals surface area contributed by atoms with Gasteiger partial charge in [0, 0.05) is 27.6 Å². The fourth-order valence-electron chi connectivity index (χ4n) is 2.21. The van der Waals surface area contributed by atoms with E-state index in [2.05, 4.69) is 31.9 Å². The number of aromatic nitrogens is 1. The van der Waals surface area contributed by atoms with Gasteiger partial charge in [0.15, 0.2) is 5.75 Å². The molecular weight excluding hydrogens is 390 g/mol. The predicted octanol–water partition coefficient (Wildman–Crippen LogP) is 3.24. The van der Waals surface area contributed by atoms with Crippen LogP contribution in [0, 0.1) is 0 Å². The Morgan fingerprint density at radius 2 is 2.00 bits per heavy atom. The van der Waals surface area contributed by atoms with Gasteiger partial charge < -0.3 is 9.30 Å². The lowest BCUT2D eigenvalue weighted by molar-refractivity contribution is -0.131. The highest BCUT2D eigenvalue weighted by Crippen LogP contribution is 2.31. The second-order valence-electron chi connectivity index (χ2n) is 4.51. The average Bonchev–Trinajstić information content (AvgIpc) is 2.91. The fourth-order valence-corrected chi connectivity index (χ4v) is 2.83. The third kappa shape index (κ3) is 2.13. The number of halogens is 2. The molecule has 2 heterocycles. The van der Waals surface area contributed by atoms with E-state index in [0.717, 1.165) is 14.6 Å². The van der Waals surface area contributed by atoms with Crippen molar-refractivity contribution >= 4 is 43.6 Å². The summed E-state index contributed by atoms with van der Waals surface area (Å²) in [6.07, 6.45) is 0.211. The van der Waals surface area contributed by atoms with Crippen molar-refractivity contribution in [1.29, 1.82) is 0 Å². The highest BCUT2D eigenvalue weighted by Gasteiger charge is 2.28. The van der Waals surface area contributed by atoms with Crippen LogP contribution in [0.1, 0.15) is 21.7 Å². The third-order valence-electron chi connectivity index (χ3n) is 3.27. The molecule has 0 radical (unpaired) electrons. The maximum atomic E-state index is 12.5. The van der Waals surface area contributed by atoms with Crippen LogP contribution in [0.5, 0.6) is 5.75 Å². The number of ether oxygens (including phenoxy) is 1. The van der Waals surface area contributed by atoms with E-state index in [0.29, 0.717) is 17.0 Å². The van der Waals surface area contributed by atoms with Crippen molar-refractivity contribution in [2.24, 2.45) is 7.05 Å². The number of benzene rings is 1. The van der Waals surface area contributed by atoms with Crippen LogP contribution >= 0.6 is 31.9 Å². The van der Waals surface area contributed by atoms with E-state index in [1.54, 1.807) is 29.8 Å². The van der Waals surface area contributed by atoms with Crippen LogP contribution in [0.15, 0.2) is 33.2 Å². The Bertz CT molecular complexity index is 749. The molecule has 0 saturated carbocycles. The summed E-state index contributed by atoms with van der Waals surface area (Å²) in [5.41, 5.74) is 1.83. The van der Waals surface area contributed by atoms with Gasteiger partial charge in [0.05, 0.1) is 17.8 Å². The SMILES string of the molecule is Cn1c(C(=O)c2ccc(Br)c(Br)c2)cc2c1CC(=O)O2. The summed E-state index contributed by atoms with van der Waals surface area (Å²) in [6.45, 7) is 0. The number of rotatable bonds is 2. The van der Waals surface area contributed by atoms with Gasteiger partial charge in [-0.2, -0.15) is 0 Å². The molecule has 0 atom stereocenters. The van der Waals surface area contributed by atoms with Gasteiger partial charge in [-0.3, -0.25) is 9.59 Å². The fraction of sp³-hybridized carbons (Fsp3) is 0.143. The Morgan fingerprint density at radius 1 is 1.25 bits per heavy atom. The molecule has 20 heavy (non-hydrogen) atoms. The Morgan fingerprint density at radius 3 is 2.65 bits per heavy atom. The zero-order valence-electron chi connectivity index (χ0n) is 10.4. The van der Waals surface area contributed by atoms with Gasteiger partial charge in [-0.25, -0.2) is 0 Å². The summed E-state index contributed by atoms with van der Waals surface area (Å²) in [7, 11) is 1.77. The predicted molar refractivity (Wildman–Crippen MR) is 80.0 cm³/mol. The first-order valence-corrected chi connectivity index (χ1v) is 7.45. The quantitative estimate of drug-likeness (QED) is 0.576. The van der Waals surface area contributed by atoms with E-state index in [9.17, 15) is 9.59 Å². The van der Waals surface area contributed by atoms with Crippen LogP contribution in [-0.4, -0.2) is 16.3 Å². The number of hydrogen-bond donors (Lipinski definition) is 0. The van der Waals surface area contributed by atoms with E-state index in [-0.39, 0.29) is 18.2 Å². The molecule has 1 aromatic carbocycles. The van der Waals surface area contributed by atoms with Crippen LogP contribution in [-0.2, 0) is 18.3 Å². The molecule has 0 fully saturated rings. The maximum Gasteiger partial charge on any atom is 0.317 e. The van der Waals surface area contributed by atoms with E-state index < -0.39 is 0 Å². The molecule has 2 aromatic rings. The normalized spacial score (nSPS) is 13.2. The summed E-state index contributed by atoms with van der Waals surface area (Å²) in [4.78, 5) is 23.7. The van der Waals surface area contributed by atoms with E-state index in [4.69, 9.17) is 4.74 Å². The van der Waals surface area contributed by atoms with Crippen molar-refractivity contribution in [3.63, 3.8) is 0 Å². The lowest BCUT2D eigenvalue weighted by Gasteiger charge is -2.06. The highest BCUT2D eigenvalue weighted by atomic mass is 79.9. The molecule has 3 rings (SSSR count). The first-order chi connectivity index (χ1) is 9.47. The maximum absolute atomic E-state index is 12.5. The molecule has 4 nitrogen and oxygen atoms in total. The molecule has 0 aliphatic carbocycles. The van der Waals surface area contributed by atoms with Gasteiger partial charge in [0.1, 0.15) is 0 Å². The largest absolute Gasteiger partial charge is 0.424 e. The Hall–Kier alpha value is -1.40. The molecule has 1 aromatic heterocycles. The number of ketones is 1. The van der Waals surface area contributed by atoms with E-state index >= 15 is 0 Å². The summed E-state index contributed by atoms with van der Waals surface area (Å²) in [5, 5.41) is 0. The molecule has 0 amide bonds. The number of hydrogen-bond acceptors (Lipinski definition) is 3. The minimum absolute atomic E-state index is 0.105. The highest BCUT2D eigenvalue weighted by molar-refractivity contribution is 9.13. The summed E-state index contributed by atoms with van der Waals surface area (Å²) < 4.78 is 8.49. The molecule has 0 N–H and O–H groups in total. The van der Waals surface area contributed by atoms with Crippen molar-refractivity contribution in [1.82, 2.24) is 4.57 Å². The van der Waals surface area contributed by atoms with Gasteiger partial charge in [0.25, 0.3) is 0 Å². The average molecular weight is 399 g/mol. The molecule has 1 aliphatic heterocycles. The van der Waals surface area contributed by atoms with Crippen LogP contribution in [0.4, 0.5) is 0 Å². The lowest BCUT2D eigenvalue weighted by atomic mass is 10.1. The van der Waals surface area contributed by atoms with Crippen LogP contribution < -0.4 is 4.74 Å². The molecule has 102 valence electrons. The summed E-state index contributed by atoms with van der Waals surface area (Å²) in [6, 6.07) is 6.95. The van der Waals surface area contributed by atoms with Crippen molar-refractivity contribution < 1.29 is 14.3 Å². The standard InChI is InChI=1S/C14H9Br2NO3/c1-17-10-6-13(18)20-12(10)5-11(17)14(19)7-2-3-8(15)9(16)4-7/h2-5H,6H2,1H3. The van der Waals surface area contributed by atoms with Gasteiger partial charge in [-0.15, -0.1) is 0 Å². The van der Waals surface area contributed by atoms with Crippen molar-refractivity contribution in [2.75, 3.05) is 0 Å². The van der Waals surface area contributed by atoms with Crippen molar-refractivity contribution in [3.8, 4) is 5.75 Å². The lowest BCUT2D eigenvalue weighted by Crippen LogP contribution is -2.11. The summed E-state index contributed by atoms with van der Waals surface area (Å²) in [5.74, 6) is 0.0964. The smallest absolute Gasteiger partial charge is 0.317 e. The molecule has 0 bridgehead atoms. The molecule has 6 heteroatoms.